The lowest BCUT2D eigenvalue weighted by Crippen LogP contribution is -2.45. The molecule has 0 bridgehead atoms. The molecule has 2 N–H and O–H groups in total. The van der Waals surface area contributed by atoms with Gasteiger partial charge in [-0.25, -0.2) is 0 Å². The van der Waals surface area contributed by atoms with E-state index in [0.717, 1.165) is 0 Å². The van der Waals surface area contributed by atoms with Crippen LogP contribution in [-0.2, 0) is 0 Å². The molecule has 0 saturated heterocycles. The van der Waals surface area contributed by atoms with E-state index in [0.29, 0.717) is 0 Å². The van der Waals surface area contributed by atoms with Crippen LogP contribution in [0, 0.1) is 10.1 Å². The summed E-state index contributed by atoms with van der Waals surface area (Å²) in [4.78, 5) is 9.79. The molecule has 0 aromatic heterocycles. The molecule has 0 saturated carbocycles. The molecule has 4 nitrogen and oxygen atoms in total. The van der Waals surface area contributed by atoms with Gasteiger partial charge in [0.1, 0.15) is 0 Å². The van der Waals surface area contributed by atoms with Gasteiger partial charge >= 0.3 is 0 Å². The minimum atomic E-state index is -1.37. The van der Waals surface area contributed by atoms with Crippen molar-refractivity contribution < 1.29 is 4.92 Å². The van der Waals surface area contributed by atoms with Crippen LogP contribution >= 0.6 is 0 Å². The summed E-state index contributed by atoms with van der Waals surface area (Å²) in [7, 11) is 0. The van der Waals surface area contributed by atoms with Crippen LogP contribution in [0.5, 0.6) is 0 Å². The smallest absolute Gasteiger partial charge is 0.262 e. The Morgan fingerprint density at radius 1 is 1.60 bits per heavy atom. The number of hydrogen-bond donors (Lipinski definition) is 1. The minimum Gasteiger partial charge on any atom is -0.262 e. The molecule has 10 heavy (non-hydrogen) atoms. The topological polar surface area (TPSA) is 69.2 Å². The highest BCUT2D eigenvalue weighted by molar-refractivity contribution is 5.16. The van der Waals surface area contributed by atoms with E-state index in [1.165, 1.54) is 6.08 Å². The summed E-state index contributed by atoms with van der Waals surface area (Å²) in [6.07, 6.45) is 6.69. The second-order valence-corrected chi connectivity index (χ2v) is 2.24. The molecular weight excluding hydrogens is 132 g/mol. The van der Waals surface area contributed by atoms with E-state index in [4.69, 9.17) is 5.73 Å². The predicted molar refractivity (Wildman–Crippen MR) is 36.8 cm³/mol. The van der Waals surface area contributed by atoms with Crippen molar-refractivity contribution in [3.8, 4) is 0 Å². The largest absolute Gasteiger partial charge is 0.295 e. The van der Waals surface area contributed by atoms with Gasteiger partial charge in [0.05, 0.1) is 6.42 Å². The van der Waals surface area contributed by atoms with Crippen LogP contribution in [0.3, 0.4) is 0 Å². The van der Waals surface area contributed by atoms with Crippen LogP contribution in [-0.4, -0.2) is 10.6 Å². The van der Waals surface area contributed by atoms with Gasteiger partial charge in [-0.2, -0.15) is 0 Å². The summed E-state index contributed by atoms with van der Waals surface area (Å²) in [6, 6.07) is 0. The van der Waals surface area contributed by atoms with E-state index in [9.17, 15) is 10.1 Å². The fourth-order valence-electron chi connectivity index (χ4n) is 0.761. The SMILES string of the molecule is NC1([N+](=O)[O-])C=CC=CC1. The Morgan fingerprint density at radius 3 is 2.60 bits per heavy atom. The Labute approximate surface area is 58.2 Å². The Bertz CT molecular complexity index is 210. The Morgan fingerprint density at radius 2 is 2.30 bits per heavy atom. The standard InChI is InChI=1S/C6H8N2O2/c7-6(8(9)10)4-2-1-3-5-6/h1-4H,5,7H2. The summed E-state index contributed by atoms with van der Waals surface area (Å²) in [6.45, 7) is 0. The van der Waals surface area contributed by atoms with Crippen LogP contribution < -0.4 is 5.73 Å². The van der Waals surface area contributed by atoms with Crippen LogP contribution in [0.15, 0.2) is 24.3 Å². The molecule has 0 spiro atoms. The van der Waals surface area contributed by atoms with E-state index in [1.807, 2.05) is 0 Å². The highest BCUT2D eigenvalue weighted by Gasteiger charge is 2.33. The van der Waals surface area contributed by atoms with Gasteiger partial charge in [-0.05, 0) is 0 Å². The number of allylic oxidation sites excluding steroid dienone is 2. The zero-order valence-electron chi connectivity index (χ0n) is 5.36. The van der Waals surface area contributed by atoms with Crippen molar-refractivity contribution in [1.82, 2.24) is 0 Å². The maximum atomic E-state index is 10.3. The van der Waals surface area contributed by atoms with Crippen molar-refractivity contribution in [2.45, 2.75) is 12.1 Å². The second-order valence-electron chi connectivity index (χ2n) is 2.24. The molecule has 1 aliphatic carbocycles. The van der Waals surface area contributed by atoms with E-state index >= 15 is 0 Å². The van der Waals surface area contributed by atoms with Crippen molar-refractivity contribution in [2.75, 3.05) is 0 Å². The van der Waals surface area contributed by atoms with Crippen LogP contribution in [0.2, 0.25) is 0 Å². The van der Waals surface area contributed by atoms with Gasteiger partial charge in [-0.1, -0.05) is 18.2 Å². The Hall–Kier alpha value is -1.16. The molecule has 0 aromatic carbocycles. The third kappa shape index (κ3) is 1.06. The van der Waals surface area contributed by atoms with Gasteiger partial charge in [0, 0.05) is 11.0 Å². The van der Waals surface area contributed by atoms with Crippen LogP contribution in [0.25, 0.3) is 0 Å². The first kappa shape index (κ1) is 6.95. The van der Waals surface area contributed by atoms with Crippen LogP contribution in [0.4, 0.5) is 0 Å². The minimum absolute atomic E-state index is 0.274. The lowest BCUT2D eigenvalue weighted by molar-refractivity contribution is -0.553. The van der Waals surface area contributed by atoms with E-state index in [-0.39, 0.29) is 6.42 Å². The number of nitro groups is 1. The molecule has 1 aliphatic rings. The highest BCUT2D eigenvalue weighted by atomic mass is 16.6. The predicted octanol–water partition coefficient (Wildman–Crippen LogP) is 0.434. The molecule has 4 heteroatoms. The molecule has 1 unspecified atom stereocenters. The van der Waals surface area contributed by atoms with Crippen molar-refractivity contribution in [3.63, 3.8) is 0 Å². The average molecular weight is 140 g/mol. The third-order valence-electron chi connectivity index (χ3n) is 1.42. The van der Waals surface area contributed by atoms with Crippen molar-refractivity contribution >= 4 is 0 Å². The first-order chi connectivity index (χ1) is 4.65. The monoisotopic (exact) mass is 140 g/mol. The molecule has 0 radical (unpaired) electrons. The van der Waals surface area contributed by atoms with Gasteiger partial charge < -0.3 is 0 Å². The fraction of sp³-hybridized carbons (Fsp3) is 0.333. The molecule has 0 heterocycles. The zero-order valence-corrected chi connectivity index (χ0v) is 5.36. The van der Waals surface area contributed by atoms with E-state index in [1.54, 1.807) is 18.2 Å². The van der Waals surface area contributed by atoms with Gasteiger partial charge in [0.25, 0.3) is 5.66 Å². The van der Waals surface area contributed by atoms with E-state index < -0.39 is 10.6 Å². The number of hydrogen-bond acceptors (Lipinski definition) is 3. The first-order valence-electron chi connectivity index (χ1n) is 2.93. The first-order valence-corrected chi connectivity index (χ1v) is 2.93. The number of rotatable bonds is 1. The molecule has 0 aliphatic heterocycles. The lowest BCUT2D eigenvalue weighted by atomic mass is 10.0. The molecule has 54 valence electrons. The molecule has 0 aromatic rings. The van der Waals surface area contributed by atoms with Crippen molar-refractivity contribution in [1.29, 1.82) is 0 Å². The zero-order chi connectivity index (χ0) is 7.61. The van der Waals surface area contributed by atoms with E-state index in [2.05, 4.69) is 0 Å². The third-order valence-corrected chi connectivity index (χ3v) is 1.42. The summed E-state index contributed by atoms with van der Waals surface area (Å²) < 4.78 is 0. The molecule has 0 fully saturated rings. The average Bonchev–Trinajstić information content (AvgIpc) is 1.89. The molecule has 0 amide bonds. The maximum absolute atomic E-state index is 10.3. The molecule has 1 atom stereocenters. The quantitative estimate of drug-likeness (QED) is 0.326. The summed E-state index contributed by atoms with van der Waals surface area (Å²) >= 11 is 0. The summed E-state index contributed by atoms with van der Waals surface area (Å²) in [5, 5.41) is 10.3. The van der Waals surface area contributed by atoms with Gasteiger partial charge in [0.2, 0.25) is 0 Å². The molecular formula is C6H8N2O2. The lowest BCUT2D eigenvalue weighted by Gasteiger charge is -2.15. The Balaban J connectivity index is 2.80. The fourth-order valence-corrected chi connectivity index (χ4v) is 0.761. The van der Waals surface area contributed by atoms with Gasteiger partial charge in [-0.15, -0.1) is 0 Å². The molecule has 1 rings (SSSR count). The van der Waals surface area contributed by atoms with Crippen molar-refractivity contribution in [2.24, 2.45) is 5.73 Å². The summed E-state index contributed by atoms with van der Waals surface area (Å²) in [5.41, 5.74) is 4.00. The van der Waals surface area contributed by atoms with Gasteiger partial charge in [0.15, 0.2) is 0 Å². The number of nitrogens with two attached hydrogens (primary N) is 1. The summed E-state index contributed by atoms with van der Waals surface area (Å²) in [5.74, 6) is 0. The van der Waals surface area contributed by atoms with Crippen molar-refractivity contribution in [3.05, 3.63) is 34.4 Å². The number of nitrogens with zero attached hydrogens (tertiary/aromatic N) is 1. The van der Waals surface area contributed by atoms with Gasteiger partial charge in [-0.3, -0.25) is 15.8 Å². The maximum Gasteiger partial charge on any atom is 0.295 e. The normalized spacial score (nSPS) is 30.5. The van der Waals surface area contributed by atoms with Crippen LogP contribution in [0.1, 0.15) is 6.42 Å². The second kappa shape index (κ2) is 2.22. The Kier molecular flexibility index (Phi) is 1.55. The highest BCUT2D eigenvalue weighted by Crippen LogP contribution is 2.14.